The Morgan fingerprint density at radius 2 is 1.45 bits per heavy atom. The molecule has 0 aliphatic carbocycles. The van der Waals surface area contributed by atoms with Gasteiger partial charge in [0.2, 0.25) is 0 Å². The first-order valence-corrected chi connectivity index (χ1v) is 10.1. The minimum Gasteiger partial charge on any atom is -0.497 e. The molecule has 31 heavy (non-hydrogen) atoms. The Balaban J connectivity index is 1.87. The van der Waals surface area contributed by atoms with Crippen LogP contribution in [0.1, 0.15) is 12.0 Å². The maximum atomic E-state index is 11.2. The summed E-state index contributed by atoms with van der Waals surface area (Å²) < 4.78 is 15.7. The van der Waals surface area contributed by atoms with Crippen LogP contribution in [0.15, 0.2) is 85.5 Å². The number of carbonyl (C=O) groups is 1. The van der Waals surface area contributed by atoms with Gasteiger partial charge in [0.1, 0.15) is 11.5 Å². The normalized spacial score (nSPS) is 10.3. The summed E-state index contributed by atoms with van der Waals surface area (Å²) in [5, 5.41) is 0. The molecule has 0 aromatic heterocycles. The molecule has 0 N–H and O–H groups in total. The van der Waals surface area contributed by atoms with E-state index in [1.807, 2.05) is 54.6 Å². The molecule has 0 amide bonds. The summed E-state index contributed by atoms with van der Waals surface area (Å²) in [5.41, 5.74) is 4.24. The van der Waals surface area contributed by atoms with E-state index in [0.717, 1.165) is 41.4 Å². The van der Waals surface area contributed by atoms with Crippen LogP contribution in [0.4, 0.5) is 17.1 Å². The molecular weight excluding hydrogens is 390 g/mol. The smallest absolute Gasteiger partial charge is 0.330 e. The Hall–Kier alpha value is -3.73. The minimum atomic E-state index is -0.390. The summed E-state index contributed by atoms with van der Waals surface area (Å²) in [6.07, 6.45) is 2.73. The molecule has 3 rings (SSSR count). The van der Waals surface area contributed by atoms with Crippen LogP contribution in [0.2, 0.25) is 0 Å². The lowest BCUT2D eigenvalue weighted by atomic mass is 10.1. The molecule has 0 bridgehead atoms. The number of carbonyl (C=O) groups excluding carboxylic acids is 1. The highest BCUT2D eigenvalue weighted by Crippen LogP contribution is 2.36. The maximum absolute atomic E-state index is 11.2. The van der Waals surface area contributed by atoms with Crippen LogP contribution in [0, 0.1) is 0 Å². The van der Waals surface area contributed by atoms with Crippen LogP contribution < -0.4 is 14.4 Å². The molecule has 3 aromatic carbocycles. The van der Waals surface area contributed by atoms with Crippen molar-refractivity contribution in [2.75, 3.05) is 25.7 Å². The number of methoxy groups -OCH3 is 2. The van der Waals surface area contributed by atoms with Crippen molar-refractivity contribution in [3.8, 4) is 11.5 Å². The molecule has 0 aliphatic heterocycles. The van der Waals surface area contributed by atoms with Crippen molar-refractivity contribution >= 4 is 23.0 Å². The zero-order chi connectivity index (χ0) is 22.1. The van der Waals surface area contributed by atoms with Gasteiger partial charge in [0.25, 0.3) is 0 Å². The van der Waals surface area contributed by atoms with Crippen molar-refractivity contribution in [2.45, 2.75) is 12.8 Å². The van der Waals surface area contributed by atoms with Gasteiger partial charge in [0, 0.05) is 23.1 Å². The molecule has 0 aliphatic rings. The van der Waals surface area contributed by atoms with Crippen LogP contribution in [-0.4, -0.2) is 26.8 Å². The highest BCUT2D eigenvalue weighted by molar-refractivity contribution is 5.81. The lowest BCUT2D eigenvalue weighted by Crippen LogP contribution is -2.10. The highest BCUT2D eigenvalue weighted by atomic mass is 16.5. The number of ether oxygens (including phenoxy) is 3. The van der Waals surface area contributed by atoms with Gasteiger partial charge in [0.15, 0.2) is 0 Å². The number of aryl methyl sites for hydroxylation is 1. The SMILES string of the molecule is C=CC(=O)OCCCc1cccc(N(c2ccc(OC)cc2)c2ccc(OC)cc2)c1. The Labute approximate surface area is 183 Å². The van der Waals surface area contributed by atoms with Gasteiger partial charge in [-0.1, -0.05) is 18.7 Å². The summed E-state index contributed by atoms with van der Waals surface area (Å²) in [7, 11) is 3.32. The number of rotatable bonds is 10. The van der Waals surface area contributed by atoms with Crippen LogP contribution in [-0.2, 0) is 16.0 Å². The third kappa shape index (κ3) is 5.89. The molecule has 5 nitrogen and oxygen atoms in total. The molecule has 3 aromatic rings. The second-order valence-corrected chi connectivity index (χ2v) is 6.88. The molecule has 0 radical (unpaired) electrons. The molecule has 0 saturated carbocycles. The Bertz CT molecular complexity index is 949. The number of benzene rings is 3. The number of anilines is 3. The highest BCUT2D eigenvalue weighted by Gasteiger charge is 2.13. The number of hydrogen-bond acceptors (Lipinski definition) is 5. The lowest BCUT2D eigenvalue weighted by molar-refractivity contribution is -0.137. The van der Waals surface area contributed by atoms with Crippen molar-refractivity contribution in [3.05, 3.63) is 91.0 Å². The minimum absolute atomic E-state index is 0.371. The van der Waals surface area contributed by atoms with E-state index in [-0.39, 0.29) is 5.97 Å². The molecule has 5 heteroatoms. The van der Waals surface area contributed by atoms with Gasteiger partial charge in [-0.3, -0.25) is 0 Å². The summed E-state index contributed by atoms with van der Waals surface area (Å²) in [5.74, 6) is 1.22. The monoisotopic (exact) mass is 417 g/mol. The van der Waals surface area contributed by atoms with E-state index in [4.69, 9.17) is 14.2 Å². The molecule has 0 saturated heterocycles. The molecule has 0 heterocycles. The van der Waals surface area contributed by atoms with Crippen molar-refractivity contribution in [3.63, 3.8) is 0 Å². The van der Waals surface area contributed by atoms with E-state index in [2.05, 4.69) is 29.7 Å². The molecule has 160 valence electrons. The molecular formula is C26H27NO4. The van der Waals surface area contributed by atoms with E-state index in [9.17, 15) is 4.79 Å². The van der Waals surface area contributed by atoms with Crippen LogP contribution in [0.3, 0.4) is 0 Å². The first-order chi connectivity index (χ1) is 15.1. The fraction of sp³-hybridized carbons (Fsp3) is 0.192. The summed E-state index contributed by atoms with van der Waals surface area (Å²) in [4.78, 5) is 13.4. The topological polar surface area (TPSA) is 48.0 Å². The predicted molar refractivity (Wildman–Crippen MR) is 124 cm³/mol. The van der Waals surface area contributed by atoms with Gasteiger partial charge in [-0.25, -0.2) is 4.79 Å². The van der Waals surface area contributed by atoms with E-state index >= 15 is 0 Å². The van der Waals surface area contributed by atoms with Crippen molar-refractivity contribution in [2.24, 2.45) is 0 Å². The Morgan fingerprint density at radius 3 is 1.97 bits per heavy atom. The third-order valence-electron chi connectivity index (χ3n) is 4.85. The zero-order valence-corrected chi connectivity index (χ0v) is 17.9. The van der Waals surface area contributed by atoms with Gasteiger partial charge in [-0.05, 0) is 79.1 Å². The van der Waals surface area contributed by atoms with E-state index in [1.54, 1.807) is 14.2 Å². The molecule has 0 fully saturated rings. The quantitative estimate of drug-likeness (QED) is 0.236. The fourth-order valence-electron chi connectivity index (χ4n) is 3.27. The van der Waals surface area contributed by atoms with Gasteiger partial charge in [-0.15, -0.1) is 0 Å². The van der Waals surface area contributed by atoms with Gasteiger partial charge < -0.3 is 19.1 Å². The summed E-state index contributed by atoms with van der Waals surface area (Å²) in [6, 6.07) is 24.3. The molecule has 0 spiro atoms. The maximum Gasteiger partial charge on any atom is 0.330 e. The number of esters is 1. The number of hydrogen-bond donors (Lipinski definition) is 0. The van der Waals surface area contributed by atoms with Crippen LogP contribution in [0.25, 0.3) is 0 Å². The third-order valence-corrected chi connectivity index (χ3v) is 4.85. The average Bonchev–Trinajstić information content (AvgIpc) is 2.83. The van der Waals surface area contributed by atoms with Crippen molar-refractivity contribution in [1.29, 1.82) is 0 Å². The first-order valence-electron chi connectivity index (χ1n) is 10.1. The van der Waals surface area contributed by atoms with Gasteiger partial charge in [0.05, 0.1) is 20.8 Å². The van der Waals surface area contributed by atoms with Crippen molar-refractivity contribution < 1.29 is 19.0 Å². The largest absolute Gasteiger partial charge is 0.497 e. The lowest BCUT2D eigenvalue weighted by Gasteiger charge is -2.26. The van der Waals surface area contributed by atoms with Crippen molar-refractivity contribution in [1.82, 2.24) is 0 Å². The Morgan fingerprint density at radius 1 is 0.871 bits per heavy atom. The standard InChI is InChI=1S/C26H27NO4/c1-4-26(28)31-18-6-8-20-7-5-9-23(19-20)27(21-10-14-24(29-2)15-11-21)22-12-16-25(30-3)17-13-22/h4-5,7,9-17,19H,1,6,8,18H2,2-3H3. The average molecular weight is 418 g/mol. The molecule has 0 atom stereocenters. The van der Waals surface area contributed by atoms with E-state index in [0.29, 0.717) is 6.61 Å². The first kappa shape index (κ1) is 22.0. The van der Waals surface area contributed by atoms with Crippen LogP contribution >= 0.6 is 0 Å². The second-order valence-electron chi connectivity index (χ2n) is 6.88. The predicted octanol–water partition coefficient (Wildman–Crippen LogP) is 5.84. The molecule has 0 unspecified atom stereocenters. The van der Waals surface area contributed by atoms with Gasteiger partial charge in [-0.2, -0.15) is 0 Å². The number of nitrogens with zero attached hydrogens (tertiary/aromatic N) is 1. The van der Waals surface area contributed by atoms with Crippen LogP contribution in [0.5, 0.6) is 11.5 Å². The summed E-state index contributed by atoms with van der Waals surface area (Å²) >= 11 is 0. The van der Waals surface area contributed by atoms with E-state index < -0.39 is 0 Å². The Kier molecular flexibility index (Phi) is 7.71. The fourth-order valence-corrected chi connectivity index (χ4v) is 3.27. The zero-order valence-electron chi connectivity index (χ0n) is 17.9. The second kappa shape index (κ2) is 10.9. The van der Waals surface area contributed by atoms with Gasteiger partial charge >= 0.3 is 5.97 Å². The van der Waals surface area contributed by atoms with E-state index in [1.165, 1.54) is 11.6 Å². The summed E-state index contributed by atoms with van der Waals surface area (Å²) in [6.45, 7) is 3.78.